The molecule has 37 heavy (non-hydrogen) atoms. The molecule has 1 amide bonds. The largest absolute Gasteiger partial charge is 0.503 e. The van der Waals surface area contributed by atoms with Gasteiger partial charge in [0.1, 0.15) is 0 Å². The molecule has 190 valence electrons. The fourth-order valence-electron chi connectivity index (χ4n) is 4.55. The van der Waals surface area contributed by atoms with Crippen LogP contribution in [0.1, 0.15) is 58.9 Å². The molecule has 4 rings (SSSR count). The third kappa shape index (κ3) is 5.97. The molecule has 3 aromatic rings. The van der Waals surface area contributed by atoms with Crippen molar-refractivity contribution in [2.24, 2.45) is 0 Å². The Kier molecular flexibility index (Phi) is 7.87. The molecule has 0 saturated carbocycles. The van der Waals surface area contributed by atoms with Crippen molar-refractivity contribution in [1.29, 1.82) is 0 Å². The second kappa shape index (κ2) is 11.2. The molecular weight excluding hydrogens is 466 g/mol. The van der Waals surface area contributed by atoms with E-state index in [4.69, 9.17) is 4.74 Å². The predicted molar refractivity (Wildman–Crippen MR) is 141 cm³/mol. The lowest BCUT2D eigenvalue weighted by Crippen LogP contribution is -2.30. The first-order valence-electron chi connectivity index (χ1n) is 12.4. The summed E-state index contributed by atoms with van der Waals surface area (Å²) >= 11 is 0. The molecule has 0 spiro atoms. The SMILES string of the molecule is Cc1cccc(C2C(C(=O)CCc3ccccc3)=C(O)C(=O)N2Cc2ccc(C(=O)OC(C)C)cc2)c1. The van der Waals surface area contributed by atoms with Crippen molar-refractivity contribution in [2.75, 3.05) is 0 Å². The zero-order valence-electron chi connectivity index (χ0n) is 21.3. The Morgan fingerprint density at radius 3 is 2.30 bits per heavy atom. The van der Waals surface area contributed by atoms with Gasteiger partial charge in [-0.05, 0) is 56.0 Å². The first-order valence-corrected chi connectivity index (χ1v) is 12.4. The number of esters is 1. The fourth-order valence-corrected chi connectivity index (χ4v) is 4.55. The molecule has 1 unspecified atom stereocenters. The van der Waals surface area contributed by atoms with E-state index in [1.165, 1.54) is 4.90 Å². The molecule has 0 fully saturated rings. The minimum Gasteiger partial charge on any atom is -0.503 e. The highest BCUT2D eigenvalue weighted by Gasteiger charge is 2.43. The number of hydrogen-bond donors (Lipinski definition) is 1. The van der Waals surface area contributed by atoms with Gasteiger partial charge in [0, 0.05) is 13.0 Å². The maximum absolute atomic E-state index is 13.4. The topological polar surface area (TPSA) is 83.9 Å². The highest BCUT2D eigenvalue weighted by atomic mass is 16.5. The number of ether oxygens (including phenoxy) is 1. The van der Waals surface area contributed by atoms with E-state index in [1.807, 2.05) is 61.5 Å². The van der Waals surface area contributed by atoms with Gasteiger partial charge in [0.15, 0.2) is 11.5 Å². The second-order valence-electron chi connectivity index (χ2n) is 9.57. The van der Waals surface area contributed by atoms with Crippen LogP contribution < -0.4 is 0 Å². The molecule has 1 N–H and O–H groups in total. The van der Waals surface area contributed by atoms with Crippen LogP contribution in [0.3, 0.4) is 0 Å². The van der Waals surface area contributed by atoms with Gasteiger partial charge in [0.2, 0.25) is 0 Å². The predicted octanol–water partition coefficient (Wildman–Crippen LogP) is 5.66. The summed E-state index contributed by atoms with van der Waals surface area (Å²) in [5, 5.41) is 10.9. The average Bonchev–Trinajstić information content (AvgIpc) is 3.13. The number of nitrogens with zero attached hydrogens (tertiary/aromatic N) is 1. The van der Waals surface area contributed by atoms with Crippen LogP contribution in [-0.4, -0.2) is 33.8 Å². The van der Waals surface area contributed by atoms with Gasteiger partial charge in [-0.2, -0.15) is 0 Å². The van der Waals surface area contributed by atoms with Crippen molar-refractivity contribution in [3.63, 3.8) is 0 Å². The molecule has 0 aromatic heterocycles. The minimum absolute atomic E-state index is 0.128. The summed E-state index contributed by atoms with van der Waals surface area (Å²) in [5.74, 6) is -1.75. The number of aryl methyl sites for hydroxylation is 2. The summed E-state index contributed by atoms with van der Waals surface area (Å²) in [5.41, 5.74) is 4.07. The van der Waals surface area contributed by atoms with Gasteiger partial charge in [-0.1, -0.05) is 72.3 Å². The summed E-state index contributed by atoms with van der Waals surface area (Å²) in [6, 6.07) is 23.4. The summed E-state index contributed by atoms with van der Waals surface area (Å²) in [6.07, 6.45) is 0.468. The van der Waals surface area contributed by atoms with E-state index in [9.17, 15) is 19.5 Å². The lowest BCUT2D eigenvalue weighted by atomic mass is 9.92. The zero-order chi connectivity index (χ0) is 26.5. The molecule has 0 bridgehead atoms. The Hall–Kier alpha value is -4.19. The van der Waals surface area contributed by atoms with Crippen LogP contribution in [0.25, 0.3) is 0 Å². The summed E-state index contributed by atoms with van der Waals surface area (Å²) in [6.45, 7) is 5.68. The van der Waals surface area contributed by atoms with Crippen LogP contribution in [0.5, 0.6) is 0 Å². The second-order valence-corrected chi connectivity index (χ2v) is 9.57. The van der Waals surface area contributed by atoms with Gasteiger partial charge < -0.3 is 14.7 Å². The van der Waals surface area contributed by atoms with Crippen molar-refractivity contribution in [2.45, 2.75) is 52.3 Å². The first kappa shape index (κ1) is 25.9. The Balaban J connectivity index is 1.61. The molecule has 3 aromatic carbocycles. The van der Waals surface area contributed by atoms with Crippen molar-refractivity contribution in [3.8, 4) is 0 Å². The maximum Gasteiger partial charge on any atom is 0.338 e. The standard InChI is InChI=1S/C31H31NO5/c1-20(2)37-31(36)24-15-12-23(13-16-24)19-32-28(25-11-7-8-21(3)18-25)27(29(34)30(32)35)26(33)17-14-22-9-5-4-6-10-22/h4-13,15-16,18,20,28,34H,14,17,19H2,1-3H3. The third-order valence-electron chi connectivity index (χ3n) is 6.33. The maximum atomic E-state index is 13.4. The van der Waals surface area contributed by atoms with Crippen LogP contribution in [-0.2, 0) is 27.3 Å². The highest BCUT2D eigenvalue weighted by molar-refractivity contribution is 6.09. The van der Waals surface area contributed by atoms with Gasteiger partial charge in [0.05, 0.1) is 23.3 Å². The van der Waals surface area contributed by atoms with Gasteiger partial charge in [-0.15, -0.1) is 0 Å². The van der Waals surface area contributed by atoms with E-state index >= 15 is 0 Å². The van der Waals surface area contributed by atoms with Gasteiger partial charge >= 0.3 is 5.97 Å². The Labute approximate surface area is 217 Å². The number of rotatable bonds is 9. The van der Waals surface area contributed by atoms with E-state index in [0.717, 1.165) is 22.3 Å². The van der Waals surface area contributed by atoms with E-state index in [-0.39, 0.29) is 30.4 Å². The smallest absolute Gasteiger partial charge is 0.338 e. The number of ketones is 1. The lowest BCUT2D eigenvalue weighted by molar-refractivity contribution is -0.130. The van der Waals surface area contributed by atoms with Crippen molar-refractivity contribution in [3.05, 3.63) is 118 Å². The number of aliphatic hydroxyl groups is 1. The molecule has 1 aliphatic rings. The third-order valence-corrected chi connectivity index (χ3v) is 6.33. The number of aliphatic hydroxyl groups excluding tert-OH is 1. The molecule has 0 saturated heterocycles. The molecule has 0 radical (unpaired) electrons. The monoisotopic (exact) mass is 497 g/mol. The number of benzene rings is 3. The summed E-state index contributed by atoms with van der Waals surface area (Å²) in [7, 11) is 0. The van der Waals surface area contributed by atoms with Crippen molar-refractivity contribution in [1.82, 2.24) is 4.90 Å². The number of Topliss-reactive ketones (excluding diaryl/α,β-unsaturated/α-hetero) is 1. The first-order chi connectivity index (χ1) is 17.7. The summed E-state index contributed by atoms with van der Waals surface area (Å²) in [4.78, 5) is 40.4. The van der Waals surface area contributed by atoms with Crippen molar-refractivity contribution < 1.29 is 24.2 Å². The Morgan fingerprint density at radius 1 is 0.946 bits per heavy atom. The minimum atomic E-state index is -0.707. The number of carbonyl (C=O) groups excluding carboxylic acids is 3. The van der Waals surface area contributed by atoms with E-state index in [2.05, 4.69) is 0 Å². The van der Waals surface area contributed by atoms with Gasteiger partial charge in [-0.3, -0.25) is 9.59 Å². The Morgan fingerprint density at radius 2 is 1.65 bits per heavy atom. The quantitative estimate of drug-likeness (QED) is 0.386. The van der Waals surface area contributed by atoms with Crippen LogP contribution in [0.2, 0.25) is 0 Å². The molecule has 6 heteroatoms. The van der Waals surface area contributed by atoms with E-state index < -0.39 is 23.7 Å². The van der Waals surface area contributed by atoms with Crippen LogP contribution in [0.15, 0.2) is 90.2 Å². The molecule has 0 aliphatic carbocycles. The molecule has 1 aliphatic heterocycles. The molecule has 1 atom stereocenters. The van der Waals surface area contributed by atoms with Crippen molar-refractivity contribution >= 4 is 17.7 Å². The van der Waals surface area contributed by atoms with Crippen LogP contribution >= 0.6 is 0 Å². The van der Waals surface area contributed by atoms with E-state index in [1.54, 1.807) is 38.1 Å². The van der Waals surface area contributed by atoms with Gasteiger partial charge in [-0.25, -0.2) is 4.79 Å². The summed E-state index contributed by atoms with van der Waals surface area (Å²) < 4.78 is 5.24. The highest BCUT2D eigenvalue weighted by Crippen LogP contribution is 2.39. The fraction of sp³-hybridized carbons (Fsp3) is 0.258. The number of amides is 1. The lowest BCUT2D eigenvalue weighted by Gasteiger charge is -2.27. The number of hydrogen-bond acceptors (Lipinski definition) is 5. The van der Waals surface area contributed by atoms with E-state index in [0.29, 0.717) is 12.0 Å². The average molecular weight is 498 g/mol. The molecule has 6 nitrogen and oxygen atoms in total. The normalized spacial score (nSPS) is 15.4. The van der Waals surface area contributed by atoms with Crippen LogP contribution in [0.4, 0.5) is 0 Å². The van der Waals surface area contributed by atoms with Crippen LogP contribution in [0, 0.1) is 6.92 Å². The Bertz CT molecular complexity index is 1330. The zero-order valence-corrected chi connectivity index (χ0v) is 21.3. The molecule has 1 heterocycles. The van der Waals surface area contributed by atoms with Gasteiger partial charge in [0.25, 0.3) is 5.91 Å². The molecular formula is C31H31NO5. The number of carbonyl (C=O) groups is 3.